The van der Waals surface area contributed by atoms with Crippen LogP contribution in [-0.2, 0) is 13.9 Å². The molecule has 0 aliphatic carbocycles. The van der Waals surface area contributed by atoms with Gasteiger partial charge in [0.15, 0.2) is 0 Å². The van der Waals surface area contributed by atoms with Crippen molar-refractivity contribution >= 4 is 18.7 Å². The summed E-state index contributed by atoms with van der Waals surface area (Å²) in [5.74, 6) is 0.279. The van der Waals surface area contributed by atoms with Crippen LogP contribution >= 0.6 is 0 Å². The van der Waals surface area contributed by atoms with Gasteiger partial charge < -0.3 is 13.9 Å². The second-order valence-corrected chi connectivity index (χ2v) is 12.4. The van der Waals surface area contributed by atoms with Gasteiger partial charge in [-0.3, -0.25) is 0 Å². The summed E-state index contributed by atoms with van der Waals surface area (Å²) in [6, 6.07) is 21.5. The molecule has 4 heteroatoms. The molecule has 3 rings (SSSR count). The summed E-state index contributed by atoms with van der Waals surface area (Å²) in [6.45, 7) is 8.93. The van der Waals surface area contributed by atoms with Crippen molar-refractivity contribution in [2.24, 2.45) is 5.92 Å². The van der Waals surface area contributed by atoms with Gasteiger partial charge >= 0.3 is 0 Å². The third kappa shape index (κ3) is 3.65. The Balaban J connectivity index is 2.03. The van der Waals surface area contributed by atoms with E-state index in [1.165, 1.54) is 10.4 Å². The van der Waals surface area contributed by atoms with Gasteiger partial charge in [0.1, 0.15) is 0 Å². The zero-order chi connectivity index (χ0) is 18.6. The maximum atomic E-state index is 6.96. The molecule has 1 aliphatic heterocycles. The molecule has 1 aliphatic rings. The number of benzene rings is 2. The molecule has 2 atom stereocenters. The average Bonchev–Trinajstić information content (AvgIpc) is 3.10. The molecular formula is C22H30O3Si. The highest BCUT2D eigenvalue weighted by atomic mass is 28.4. The summed E-state index contributed by atoms with van der Waals surface area (Å²) < 4.78 is 18.2. The minimum Gasteiger partial charge on any atom is -0.407 e. The van der Waals surface area contributed by atoms with E-state index in [2.05, 4.69) is 81.4 Å². The van der Waals surface area contributed by atoms with Crippen LogP contribution in [0.1, 0.15) is 20.8 Å². The van der Waals surface area contributed by atoms with Gasteiger partial charge in [0.2, 0.25) is 0 Å². The molecule has 0 N–H and O–H groups in total. The van der Waals surface area contributed by atoms with Crippen LogP contribution in [0.2, 0.25) is 5.04 Å². The maximum Gasteiger partial charge on any atom is 0.261 e. The van der Waals surface area contributed by atoms with Gasteiger partial charge in [-0.05, 0) is 15.4 Å². The second-order valence-electron chi connectivity index (χ2n) is 8.05. The largest absolute Gasteiger partial charge is 0.407 e. The van der Waals surface area contributed by atoms with E-state index in [1.807, 2.05) is 0 Å². The third-order valence-corrected chi connectivity index (χ3v) is 10.4. The first-order valence-electron chi connectivity index (χ1n) is 9.34. The predicted octanol–water partition coefficient (Wildman–Crippen LogP) is 3.22. The van der Waals surface area contributed by atoms with Gasteiger partial charge in [-0.25, -0.2) is 0 Å². The molecule has 1 fully saturated rings. The zero-order valence-corrected chi connectivity index (χ0v) is 17.3. The molecule has 0 unspecified atom stereocenters. The van der Waals surface area contributed by atoms with Crippen LogP contribution in [0.4, 0.5) is 0 Å². The van der Waals surface area contributed by atoms with Crippen LogP contribution in [-0.4, -0.2) is 41.4 Å². The van der Waals surface area contributed by atoms with Crippen LogP contribution in [0.15, 0.2) is 60.7 Å². The molecule has 26 heavy (non-hydrogen) atoms. The number of hydrogen-bond acceptors (Lipinski definition) is 3. The molecule has 2 aromatic rings. The summed E-state index contributed by atoms with van der Waals surface area (Å²) in [5, 5.41) is 2.62. The number of rotatable bonds is 6. The number of ether oxygens (including phenoxy) is 2. The van der Waals surface area contributed by atoms with Gasteiger partial charge in [-0.15, -0.1) is 0 Å². The van der Waals surface area contributed by atoms with Gasteiger partial charge in [-0.2, -0.15) is 0 Å². The van der Waals surface area contributed by atoms with E-state index in [-0.39, 0.29) is 17.1 Å². The molecule has 0 saturated carbocycles. The lowest BCUT2D eigenvalue weighted by atomic mass is 10.1. The van der Waals surface area contributed by atoms with Crippen molar-refractivity contribution in [3.63, 3.8) is 0 Å². The molecule has 1 heterocycles. The van der Waals surface area contributed by atoms with Crippen molar-refractivity contribution < 1.29 is 13.9 Å². The molecule has 0 bridgehead atoms. The summed E-state index contributed by atoms with van der Waals surface area (Å²) in [6.07, 6.45) is 0.119. The third-order valence-electron chi connectivity index (χ3n) is 5.37. The molecular weight excluding hydrogens is 340 g/mol. The lowest BCUT2D eigenvalue weighted by molar-refractivity contribution is 0.0533. The van der Waals surface area contributed by atoms with Crippen LogP contribution in [0, 0.1) is 5.92 Å². The fraction of sp³-hybridized carbons (Fsp3) is 0.455. The molecule has 3 nitrogen and oxygen atoms in total. The standard InChI is InChI=1S/C22H30O3Si/c1-22(2,3)26(19-11-7-5-8-12-19,20-13-9-6-10-14-20)25-16-18-15-24-17-21(18)23-4/h5-14,18,21H,15-17H2,1-4H3/t18-,21-/m1/s1. The lowest BCUT2D eigenvalue weighted by Gasteiger charge is -2.43. The van der Waals surface area contributed by atoms with Crippen LogP contribution in [0.3, 0.4) is 0 Å². The van der Waals surface area contributed by atoms with E-state index >= 15 is 0 Å². The Morgan fingerprint density at radius 3 is 1.92 bits per heavy atom. The smallest absolute Gasteiger partial charge is 0.261 e. The minimum atomic E-state index is -2.47. The SMILES string of the molecule is CO[C@@H]1COC[C@@H]1CO[Si](c1ccccc1)(c1ccccc1)C(C)(C)C. The maximum absolute atomic E-state index is 6.96. The van der Waals surface area contributed by atoms with Gasteiger partial charge in [0.25, 0.3) is 8.32 Å². The Morgan fingerprint density at radius 1 is 0.923 bits per heavy atom. The van der Waals surface area contributed by atoms with Crippen molar-refractivity contribution in [3.05, 3.63) is 60.7 Å². The van der Waals surface area contributed by atoms with Gasteiger partial charge in [0.05, 0.1) is 19.3 Å². The lowest BCUT2D eigenvalue weighted by Crippen LogP contribution is -2.67. The Labute approximate surface area is 158 Å². The van der Waals surface area contributed by atoms with Crippen molar-refractivity contribution in [1.29, 1.82) is 0 Å². The molecule has 0 amide bonds. The monoisotopic (exact) mass is 370 g/mol. The van der Waals surface area contributed by atoms with Crippen molar-refractivity contribution in [3.8, 4) is 0 Å². The Kier molecular flexibility index (Phi) is 5.98. The van der Waals surface area contributed by atoms with E-state index in [9.17, 15) is 0 Å². The summed E-state index contributed by atoms with van der Waals surface area (Å²) in [4.78, 5) is 0. The van der Waals surface area contributed by atoms with E-state index < -0.39 is 8.32 Å². The highest BCUT2D eigenvalue weighted by Gasteiger charge is 2.50. The number of methoxy groups -OCH3 is 1. The summed E-state index contributed by atoms with van der Waals surface area (Å²) in [5.41, 5.74) is 0. The summed E-state index contributed by atoms with van der Waals surface area (Å²) >= 11 is 0. The number of hydrogen-bond donors (Lipinski definition) is 0. The fourth-order valence-corrected chi connectivity index (χ4v) is 8.61. The second kappa shape index (κ2) is 8.05. The van der Waals surface area contributed by atoms with Gasteiger partial charge in [-0.1, -0.05) is 81.4 Å². The molecule has 2 aromatic carbocycles. The van der Waals surface area contributed by atoms with Crippen molar-refractivity contribution in [2.75, 3.05) is 26.9 Å². The summed E-state index contributed by atoms with van der Waals surface area (Å²) in [7, 11) is -0.711. The van der Waals surface area contributed by atoms with Gasteiger partial charge in [0, 0.05) is 19.6 Å². The molecule has 1 saturated heterocycles. The van der Waals surface area contributed by atoms with Crippen molar-refractivity contribution in [2.45, 2.75) is 31.9 Å². The molecule has 0 radical (unpaired) electrons. The first-order chi connectivity index (χ1) is 12.5. The zero-order valence-electron chi connectivity index (χ0n) is 16.3. The predicted molar refractivity (Wildman–Crippen MR) is 109 cm³/mol. The highest BCUT2D eigenvalue weighted by molar-refractivity contribution is 6.99. The Morgan fingerprint density at radius 2 is 1.46 bits per heavy atom. The highest BCUT2D eigenvalue weighted by Crippen LogP contribution is 2.37. The fourth-order valence-electron chi connectivity index (χ4n) is 3.99. The van der Waals surface area contributed by atoms with Crippen LogP contribution in [0.5, 0.6) is 0 Å². The van der Waals surface area contributed by atoms with E-state index in [0.29, 0.717) is 19.8 Å². The normalized spacial score (nSPS) is 21.1. The molecule has 0 aromatic heterocycles. The van der Waals surface area contributed by atoms with Crippen LogP contribution in [0.25, 0.3) is 0 Å². The molecule has 0 spiro atoms. The first-order valence-corrected chi connectivity index (χ1v) is 11.3. The van der Waals surface area contributed by atoms with E-state index in [4.69, 9.17) is 13.9 Å². The average molecular weight is 371 g/mol. The quantitative estimate of drug-likeness (QED) is 0.731. The Hall–Kier alpha value is -1.46. The van der Waals surface area contributed by atoms with E-state index in [1.54, 1.807) is 7.11 Å². The first kappa shape index (κ1) is 19.3. The molecule has 140 valence electrons. The van der Waals surface area contributed by atoms with Crippen LogP contribution < -0.4 is 10.4 Å². The Bertz CT molecular complexity index is 642. The van der Waals surface area contributed by atoms with Crippen molar-refractivity contribution in [1.82, 2.24) is 0 Å². The minimum absolute atomic E-state index is 0.00225. The van der Waals surface area contributed by atoms with E-state index in [0.717, 1.165) is 0 Å². The topological polar surface area (TPSA) is 27.7 Å².